The molecule has 0 unspecified atom stereocenters. The Hall–Kier alpha value is -1.55. The second kappa shape index (κ2) is 6.06. The first-order chi connectivity index (χ1) is 9.11. The molecule has 4 nitrogen and oxygen atoms in total. The van der Waals surface area contributed by atoms with Crippen LogP contribution < -0.4 is 0 Å². The number of benzene rings is 1. The number of phenols is 1. The number of aryl methyl sites for hydroxylation is 1. The van der Waals surface area contributed by atoms with Gasteiger partial charge in [0.15, 0.2) is 0 Å². The van der Waals surface area contributed by atoms with Gasteiger partial charge in [0.1, 0.15) is 5.75 Å². The largest absolute Gasteiger partial charge is 0.508 e. The Morgan fingerprint density at radius 2 is 2.11 bits per heavy atom. The third-order valence-corrected chi connectivity index (χ3v) is 3.57. The van der Waals surface area contributed by atoms with Crippen LogP contribution in [-0.4, -0.2) is 41.7 Å². The lowest BCUT2D eigenvalue weighted by Crippen LogP contribution is -2.41. The molecular weight excluding hydrogens is 242 g/mol. The summed E-state index contributed by atoms with van der Waals surface area (Å²) in [7, 11) is 0. The molecule has 1 N–H and O–H groups in total. The molecule has 1 aromatic carbocycles. The fourth-order valence-electron chi connectivity index (χ4n) is 2.52. The van der Waals surface area contributed by atoms with Crippen LogP contribution >= 0.6 is 0 Å². The van der Waals surface area contributed by atoms with Gasteiger partial charge in [-0.3, -0.25) is 4.79 Å². The fourth-order valence-corrected chi connectivity index (χ4v) is 2.52. The van der Waals surface area contributed by atoms with Crippen LogP contribution in [0.25, 0.3) is 0 Å². The lowest BCUT2D eigenvalue weighted by atomic mass is 10.0. The molecule has 1 saturated heterocycles. The number of ether oxygens (including phenoxy) is 1. The number of nitrogens with zero attached hydrogens (tertiary/aromatic N) is 1. The maximum absolute atomic E-state index is 12.4. The summed E-state index contributed by atoms with van der Waals surface area (Å²) < 4.78 is 5.59. The highest BCUT2D eigenvalue weighted by molar-refractivity contribution is 5.95. The van der Waals surface area contributed by atoms with Crippen LogP contribution in [0, 0.1) is 6.92 Å². The van der Waals surface area contributed by atoms with Crippen molar-refractivity contribution in [2.45, 2.75) is 32.8 Å². The average molecular weight is 263 g/mol. The van der Waals surface area contributed by atoms with Crippen molar-refractivity contribution in [2.75, 3.05) is 19.7 Å². The van der Waals surface area contributed by atoms with Crippen LogP contribution in [0.2, 0.25) is 0 Å². The zero-order valence-corrected chi connectivity index (χ0v) is 11.6. The van der Waals surface area contributed by atoms with Crippen molar-refractivity contribution < 1.29 is 14.6 Å². The molecule has 1 aliphatic rings. The van der Waals surface area contributed by atoms with E-state index >= 15 is 0 Å². The summed E-state index contributed by atoms with van der Waals surface area (Å²) in [6.45, 7) is 6.06. The summed E-state index contributed by atoms with van der Waals surface area (Å²) in [5.41, 5.74) is 1.49. The van der Waals surface area contributed by atoms with Gasteiger partial charge in [-0.2, -0.15) is 0 Å². The number of carbonyl (C=O) groups is 1. The molecule has 1 amide bonds. The lowest BCUT2D eigenvalue weighted by molar-refractivity contribution is 0.0146. The van der Waals surface area contributed by atoms with Gasteiger partial charge >= 0.3 is 0 Å². The normalized spacial score (nSPS) is 16.6. The number of likely N-dealkylation sites (tertiary alicyclic amines) is 1. The molecule has 104 valence electrons. The van der Waals surface area contributed by atoms with Crippen LogP contribution in [0.3, 0.4) is 0 Å². The van der Waals surface area contributed by atoms with E-state index in [2.05, 4.69) is 0 Å². The van der Waals surface area contributed by atoms with Gasteiger partial charge in [0.05, 0.1) is 6.10 Å². The molecule has 0 radical (unpaired) electrons. The molecular formula is C15H21NO3. The number of aromatic hydroxyl groups is 1. The molecule has 0 spiro atoms. The molecule has 0 aromatic heterocycles. The Balaban J connectivity index is 2.01. The minimum Gasteiger partial charge on any atom is -0.508 e. The van der Waals surface area contributed by atoms with Crippen LogP contribution in [0.5, 0.6) is 5.75 Å². The fraction of sp³-hybridized carbons (Fsp3) is 0.533. The predicted octanol–water partition coefficient (Wildman–Crippen LogP) is 2.34. The van der Waals surface area contributed by atoms with Gasteiger partial charge < -0.3 is 14.7 Å². The Kier molecular flexibility index (Phi) is 4.43. The van der Waals surface area contributed by atoms with E-state index in [0.717, 1.165) is 38.1 Å². The molecule has 1 aromatic rings. The van der Waals surface area contributed by atoms with E-state index in [1.165, 1.54) is 0 Å². The second-order valence-corrected chi connectivity index (χ2v) is 4.95. The minimum atomic E-state index is 0.0486. The molecule has 19 heavy (non-hydrogen) atoms. The summed E-state index contributed by atoms with van der Waals surface area (Å²) >= 11 is 0. The van der Waals surface area contributed by atoms with E-state index in [-0.39, 0.29) is 17.8 Å². The van der Waals surface area contributed by atoms with E-state index in [9.17, 15) is 9.90 Å². The zero-order valence-electron chi connectivity index (χ0n) is 11.6. The van der Waals surface area contributed by atoms with Gasteiger partial charge in [0, 0.05) is 25.3 Å². The summed E-state index contributed by atoms with van der Waals surface area (Å²) in [6.07, 6.45) is 2.09. The Bertz CT molecular complexity index is 451. The summed E-state index contributed by atoms with van der Waals surface area (Å²) in [5, 5.41) is 9.38. The third kappa shape index (κ3) is 3.26. The summed E-state index contributed by atoms with van der Waals surface area (Å²) in [6, 6.07) is 4.88. The number of hydrogen-bond donors (Lipinski definition) is 1. The first-order valence-corrected chi connectivity index (χ1v) is 6.82. The topological polar surface area (TPSA) is 49.8 Å². The van der Waals surface area contributed by atoms with Crippen molar-refractivity contribution in [1.29, 1.82) is 0 Å². The summed E-state index contributed by atoms with van der Waals surface area (Å²) in [5.74, 6) is 0.247. The molecule has 1 fully saturated rings. The van der Waals surface area contributed by atoms with E-state index < -0.39 is 0 Å². The van der Waals surface area contributed by atoms with Crippen LogP contribution in [0.1, 0.15) is 35.7 Å². The number of amides is 1. The van der Waals surface area contributed by atoms with E-state index in [4.69, 9.17) is 4.74 Å². The molecule has 0 bridgehead atoms. The van der Waals surface area contributed by atoms with Gasteiger partial charge in [0.2, 0.25) is 0 Å². The quantitative estimate of drug-likeness (QED) is 0.910. The molecule has 1 heterocycles. The third-order valence-electron chi connectivity index (χ3n) is 3.57. The van der Waals surface area contributed by atoms with Crippen LogP contribution in [-0.2, 0) is 4.74 Å². The van der Waals surface area contributed by atoms with E-state index in [0.29, 0.717) is 5.56 Å². The van der Waals surface area contributed by atoms with Crippen molar-refractivity contribution in [3.63, 3.8) is 0 Å². The Morgan fingerprint density at radius 1 is 1.42 bits per heavy atom. The van der Waals surface area contributed by atoms with Crippen LogP contribution in [0.4, 0.5) is 0 Å². The number of hydrogen-bond acceptors (Lipinski definition) is 3. The highest BCUT2D eigenvalue weighted by Gasteiger charge is 2.24. The maximum Gasteiger partial charge on any atom is 0.254 e. The van der Waals surface area contributed by atoms with E-state index in [1.54, 1.807) is 18.2 Å². The SMILES string of the molecule is CCOC1CCN(C(=O)c2ccc(O)cc2C)CC1. The molecule has 0 aliphatic carbocycles. The molecule has 0 atom stereocenters. The lowest BCUT2D eigenvalue weighted by Gasteiger charge is -2.32. The molecule has 0 saturated carbocycles. The van der Waals surface area contributed by atoms with Gasteiger partial charge in [-0.25, -0.2) is 0 Å². The number of piperidine rings is 1. The minimum absolute atomic E-state index is 0.0486. The number of phenolic OH excluding ortho intramolecular Hbond substituents is 1. The zero-order chi connectivity index (χ0) is 13.8. The molecule has 1 aliphatic heterocycles. The van der Waals surface area contributed by atoms with Crippen molar-refractivity contribution in [2.24, 2.45) is 0 Å². The van der Waals surface area contributed by atoms with Gasteiger partial charge in [0.25, 0.3) is 5.91 Å². The van der Waals surface area contributed by atoms with Gasteiger partial charge in [-0.05, 0) is 50.5 Å². The predicted molar refractivity (Wildman–Crippen MR) is 73.4 cm³/mol. The highest BCUT2D eigenvalue weighted by atomic mass is 16.5. The highest BCUT2D eigenvalue weighted by Crippen LogP contribution is 2.20. The first kappa shape index (κ1) is 13.9. The maximum atomic E-state index is 12.4. The van der Waals surface area contributed by atoms with Gasteiger partial charge in [-0.1, -0.05) is 0 Å². The monoisotopic (exact) mass is 263 g/mol. The molecule has 4 heteroatoms. The summed E-state index contributed by atoms with van der Waals surface area (Å²) in [4.78, 5) is 14.3. The molecule has 2 rings (SSSR count). The smallest absolute Gasteiger partial charge is 0.254 e. The average Bonchev–Trinajstić information content (AvgIpc) is 2.39. The second-order valence-electron chi connectivity index (χ2n) is 4.95. The first-order valence-electron chi connectivity index (χ1n) is 6.82. The van der Waals surface area contributed by atoms with Crippen molar-refractivity contribution in [3.8, 4) is 5.75 Å². The number of carbonyl (C=O) groups excluding carboxylic acids is 1. The van der Waals surface area contributed by atoms with Crippen molar-refractivity contribution in [1.82, 2.24) is 4.90 Å². The number of rotatable bonds is 3. The standard InChI is InChI=1S/C15H21NO3/c1-3-19-13-6-8-16(9-7-13)15(18)14-5-4-12(17)10-11(14)2/h4-5,10,13,17H,3,6-9H2,1-2H3. The van der Waals surface area contributed by atoms with Crippen LogP contribution in [0.15, 0.2) is 18.2 Å². The Morgan fingerprint density at radius 3 is 2.68 bits per heavy atom. The Labute approximate surface area is 114 Å². The van der Waals surface area contributed by atoms with Crippen molar-refractivity contribution in [3.05, 3.63) is 29.3 Å². The van der Waals surface area contributed by atoms with Crippen molar-refractivity contribution >= 4 is 5.91 Å². The van der Waals surface area contributed by atoms with E-state index in [1.807, 2.05) is 18.7 Å². The van der Waals surface area contributed by atoms with Gasteiger partial charge in [-0.15, -0.1) is 0 Å².